The van der Waals surface area contributed by atoms with Gasteiger partial charge in [-0.1, -0.05) is 20.8 Å². The quantitative estimate of drug-likeness (QED) is 0.696. The summed E-state index contributed by atoms with van der Waals surface area (Å²) in [5.41, 5.74) is 0. The highest BCUT2D eigenvalue weighted by Crippen LogP contribution is 2.16. The van der Waals surface area contributed by atoms with Crippen molar-refractivity contribution in [1.82, 2.24) is 10.2 Å². The Kier molecular flexibility index (Phi) is 14.0. The molecule has 1 heterocycles. The number of amides is 1. The van der Waals surface area contributed by atoms with Crippen molar-refractivity contribution < 1.29 is 15.0 Å². The number of hydrogen-bond acceptors (Lipinski definition) is 4. The highest BCUT2D eigenvalue weighted by Gasteiger charge is 2.29. The molecule has 1 rings (SSSR count). The fourth-order valence-electron chi connectivity index (χ4n) is 1.71. The number of nitrogens with zero attached hydrogens (tertiary/aromatic N) is 1. The standard InChI is InChI=1S/C8H17NO2.C3H7NO.C2H6/c1-2-3-9-5-8(11)4-7(9)6-10;1-3(5)4-2;1-2/h7-8,10-11H,2-6H2,1H3;1-2H3,(H,4,5);1-2H3. The molecule has 110 valence electrons. The Morgan fingerprint density at radius 2 is 1.94 bits per heavy atom. The molecule has 18 heavy (non-hydrogen) atoms. The van der Waals surface area contributed by atoms with Gasteiger partial charge in [0, 0.05) is 26.6 Å². The first-order chi connectivity index (χ1) is 8.54. The zero-order valence-electron chi connectivity index (χ0n) is 12.4. The molecule has 0 saturated carbocycles. The minimum Gasteiger partial charge on any atom is -0.395 e. The number of aliphatic hydroxyl groups excluding tert-OH is 2. The van der Waals surface area contributed by atoms with E-state index in [2.05, 4.69) is 17.1 Å². The van der Waals surface area contributed by atoms with Crippen LogP contribution in [0.2, 0.25) is 0 Å². The van der Waals surface area contributed by atoms with Gasteiger partial charge in [0.05, 0.1) is 12.7 Å². The van der Waals surface area contributed by atoms with E-state index < -0.39 is 0 Å². The number of rotatable bonds is 3. The second-order valence-electron chi connectivity index (χ2n) is 4.03. The van der Waals surface area contributed by atoms with Crippen molar-refractivity contribution in [3.63, 3.8) is 0 Å². The Labute approximate surface area is 111 Å². The van der Waals surface area contributed by atoms with E-state index in [4.69, 9.17) is 5.11 Å². The molecule has 0 aromatic rings. The summed E-state index contributed by atoms with van der Waals surface area (Å²) in [6.07, 6.45) is 1.60. The van der Waals surface area contributed by atoms with Crippen LogP contribution in [0.5, 0.6) is 0 Å². The second-order valence-corrected chi connectivity index (χ2v) is 4.03. The molecule has 0 radical (unpaired) electrons. The van der Waals surface area contributed by atoms with Crippen LogP contribution in [-0.4, -0.2) is 59.9 Å². The average molecular weight is 262 g/mol. The largest absolute Gasteiger partial charge is 0.395 e. The first-order valence-corrected chi connectivity index (χ1v) is 6.76. The minimum atomic E-state index is -0.223. The van der Waals surface area contributed by atoms with E-state index in [1.165, 1.54) is 6.92 Å². The van der Waals surface area contributed by atoms with Gasteiger partial charge >= 0.3 is 0 Å². The van der Waals surface area contributed by atoms with Gasteiger partial charge < -0.3 is 15.5 Å². The van der Waals surface area contributed by atoms with Gasteiger partial charge in [0.25, 0.3) is 0 Å². The Morgan fingerprint density at radius 1 is 1.44 bits per heavy atom. The fourth-order valence-corrected chi connectivity index (χ4v) is 1.71. The Hall–Kier alpha value is -0.650. The third-order valence-corrected chi connectivity index (χ3v) is 2.58. The van der Waals surface area contributed by atoms with Crippen LogP contribution in [0.4, 0.5) is 0 Å². The maximum absolute atomic E-state index is 9.70. The number of carbonyl (C=O) groups is 1. The van der Waals surface area contributed by atoms with Crippen LogP contribution < -0.4 is 5.32 Å². The zero-order chi connectivity index (χ0) is 14.6. The van der Waals surface area contributed by atoms with Gasteiger partial charge in [-0.3, -0.25) is 9.69 Å². The molecule has 0 spiro atoms. The predicted molar refractivity (Wildman–Crippen MR) is 74.5 cm³/mol. The van der Waals surface area contributed by atoms with Crippen LogP contribution in [0.3, 0.4) is 0 Å². The van der Waals surface area contributed by atoms with E-state index in [0.29, 0.717) is 0 Å². The van der Waals surface area contributed by atoms with Gasteiger partial charge in [0.1, 0.15) is 0 Å². The summed E-state index contributed by atoms with van der Waals surface area (Å²) in [5, 5.41) is 20.6. The minimum absolute atomic E-state index is 0.00463. The van der Waals surface area contributed by atoms with Gasteiger partial charge in [-0.05, 0) is 19.4 Å². The molecule has 0 aliphatic carbocycles. The molecule has 1 amide bonds. The van der Waals surface area contributed by atoms with Gasteiger partial charge in [0.2, 0.25) is 5.91 Å². The maximum Gasteiger partial charge on any atom is 0.216 e. The normalized spacial score (nSPS) is 22.4. The summed E-state index contributed by atoms with van der Waals surface area (Å²) in [5.74, 6) is 0.00463. The molecule has 1 fully saturated rings. The molecule has 5 heteroatoms. The first kappa shape index (κ1) is 19.7. The van der Waals surface area contributed by atoms with Crippen molar-refractivity contribution in [2.75, 3.05) is 26.7 Å². The maximum atomic E-state index is 9.70. The van der Waals surface area contributed by atoms with E-state index in [-0.39, 0.29) is 24.7 Å². The lowest BCUT2D eigenvalue weighted by atomic mass is 10.2. The third-order valence-electron chi connectivity index (χ3n) is 2.58. The second kappa shape index (κ2) is 12.8. The predicted octanol–water partition coefficient (Wildman–Crippen LogP) is 0.602. The molecule has 2 atom stereocenters. The summed E-state index contributed by atoms with van der Waals surface area (Å²) in [7, 11) is 1.60. The van der Waals surface area contributed by atoms with Crippen molar-refractivity contribution in [3.8, 4) is 0 Å². The van der Waals surface area contributed by atoms with Gasteiger partial charge in [0.15, 0.2) is 0 Å². The molecule has 1 aliphatic heterocycles. The van der Waals surface area contributed by atoms with Gasteiger partial charge in [-0.15, -0.1) is 0 Å². The van der Waals surface area contributed by atoms with Crippen LogP contribution in [0, 0.1) is 0 Å². The summed E-state index contributed by atoms with van der Waals surface area (Å²) in [4.78, 5) is 11.9. The molecule has 1 aliphatic rings. The molecule has 0 bridgehead atoms. The highest BCUT2D eigenvalue weighted by molar-refractivity contribution is 5.72. The topological polar surface area (TPSA) is 72.8 Å². The zero-order valence-corrected chi connectivity index (χ0v) is 12.4. The fraction of sp³-hybridized carbons (Fsp3) is 0.923. The van der Waals surface area contributed by atoms with Crippen LogP contribution in [0.15, 0.2) is 0 Å². The van der Waals surface area contributed by atoms with Crippen LogP contribution in [0.1, 0.15) is 40.5 Å². The summed E-state index contributed by atoms with van der Waals surface area (Å²) in [6, 6.07) is 0.199. The Morgan fingerprint density at radius 3 is 2.28 bits per heavy atom. The van der Waals surface area contributed by atoms with Gasteiger partial charge in [-0.2, -0.15) is 0 Å². The monoisotopic (exact) mass is 262 g/mol. The average Bonchev–Trinajstić information content (AvgIpc) is 2.73. The molecule has 5 nitrogen and oxygen atoms in total. The third kappa shape index (κ3) is 9.39. The Balaban J connectivity index is 0. The van der Waals surface area contributed by atoms with Crippen molar-refractivity contribution >= 4 is 5.91 Å². The van der Waals surface area contributed by atoms with E-state index in [9.17, 15) is 9.90 Å². The lowest BCUT2D eigenvalue weighted by Gasteiger charge is -2.20. The van der Waals surface area contributed by atoms with Crippen molar-refractivity contribution in [2.45, 2.75) is 52.7 Å². The van der Waals surface area contributed by atoms with Crippen molar-refractivity contribution in [2.24, 2.45) is 0 Å². The van der Waals surface area contributed by atoms with Crippen LogP contribution in [-0.2, 0) is 4.79 Å². The molecular formula is C13H30N2O3. The van der Waals surface area contributed by atoms with E-state index in [1.807, 2.05) is 13.8 Å². The SMILES string of the molecule is CC.CCCN1CC(O)CC1CO.CNC(C)=O. The van der Waals surface area contributed by atoms with Crippen molar-refractivity contribution in [1.29, 1.82) is 0 Å². The van der Waals surface area contributed by atoms with Gasteiger partial charge in [-0.25, -0.2) is 0 Å². The molecular weight excluding hydrogens is 232 g/mol. The number of hydrogen-bond donors (Lipinski definition) is 3. The number of β-amino-alcohol motifs (C(OH)–C–C–N with tert-alkyl or cyclic N) is 1. The van der Waals surface area contributed by atoms with Crippen LogP contribution in [0.25, 0.3) is 0 Å². The van der Waals surface area contributed by atoms with E-state index in [0.717, 1.165) is 25.9 Å². The van der Waals surface area contributed by atoms with E-state index in [1.54, 1.807) is 7.05 Å². The summed E-state index contributed by atoms with van der Waals surface area (Å²) < 4.78 is 0. The summed E-state index contributed by atoms with van der Waals surface area (Å²) >= 11 is 0. The lowest BCUT2D eigenvalue weighted by Crippen LogP contribution is -2.32. The molecule has 2 unspecified atom stereocenters. The Bertz CT molecular complexity index is 201. The molecule has 3 N–H and O–H groups in total. The van der Waals surface area contributed by atoms with Crippen LogP contribution >= 0.6 is 0 Å². The number of aliphatic hydroxyl groups is 2. The molecule has 1 saturated heterocycles. The lowest BCUT2D eigenvalue weighted by molar-refractivity contribution is -0.118. The van der Waals surface area contributed by atoms with E-state index >= 15 is 0 Å². The number of likely N-dealkylation sites (tertiary alicyclic amines) is 1. The highest BCUT2D eigenvalue weighted by atomic mass is 16.3. The summed E-state index contributed by atoms with van der Waals surface area (Å²) in [6.45, 7) is 9.48. The first-order valence-electron chi connectivity index (χ1n) is 6.76. The number of nitrogens with one attached hydrogen (secondary N) is 1. The number of carbonyl (C=O) groups excluding carboxylic acids is 1. The molecule has 0 aromatic carbocycles. The molecule has 0 aromatic heterocycles. The van der Waals surface area contributed by atoms with Crippen molar-refractivity contribution in [3.05, 3.63) is 0 Å². The smallest absolute Gasteiger partial charge is 0.216 e.